The number of esters is 1. The van der Waals surface area contributed by atoms with Crippen molar-refractivity contribution in [2.24, 2.45) is 0 Å². The summed E-state index contributed by atoms with van der Waals surface area (Å²) in [5.74, 6) is 0.281. The van der Waals surface area contributed by atoms with Gasteiger partial charge in [-0.2, -0.15) is 0 Å². The molecule has 5 heteroatoms. The van der Waals surface area contributed by atoms with Crippen LogP contribution in [0.25, 0.3) is 0 Å². The molecular weight excluding hydrogens is 158 g/mol. The van der Waals surface area contributed by atoms with Gasteiger partial charge in [0.25, 0.3) is 0 Å². The molecule has 1 heterocycles. The van der Waals surface area contributed by atoms with Gasteiger partial charge in [0.2, 0.25) is 0 Å². The molecule has 1 rings (SSSR count). The van der Waals surface area contributed by atoms with Crippen LogP contribution < -0.4 is 5.32 Å². The Balaban J connectivity index is 2.38. The molecule has 0 unspecified atom stereocenters. The number of ether oxygens (including phenoxy) is 1. The summed E-state index contributed by atoms with van der Waals surface area (Å²) in [5, 5.41) is 2.77. The van der Waals surface area contributed by atoms with Crippen LogP contribution in [0.15, 0.2) is 18.6 Å². The number of nitrogens with one attached hydrogen (secondary N) is 1. The van der Waals surface area contributed by atoms with Gasteiger partial charge in [-0.3, -0.25) is 4.79 Å². The summed E-state index contributed by atoms with van der Waals surface area (Å²) in [6.07, 6.45) is 2.99. The fraction of sp³-hybridized carbons (Fsp3) is 0.286. The molecule has 5 nitrogen and oxygen atoms in total. The van der Waals surface area contributed by atoms with E-state index in [-0.39, 0.29) is 12.5 Å². The van der Waals surface area contributed by atoms with Crippen molar-refractivity contribution in [1.29, 1.82) is 0 Å². The molecule has 0 aliphatic heterocycles. The number of methoxy groups -OCH3 is 1. The lowest BCUT2D eigenvalue weighted by molar-refractivity contribution is -0.138. The zero-order valence-electron chi connectivity index (χ0n) is 6.65. The number of carbonyl (C=O) groups is 1. The molecular formula is C7H9N3O2. The van der Waals surface area contributed by atoms with Gasteiger partial charge >= 0.3 is 5.97 Å². The molecule has 0 radical (unpaired) electrons. The van der Waals surface area contributed by atoms with Gasteiger partial charge in [-0.15, -0.1) is 0 Å². The van der Waals surface area contributed by atoms with E-state index in [2.05, 4.69) is 20.0 Å². The van der Waals surface area contributed by atoms with Crippen molar-refractivity contribution >= 4 is 11.8 Å². The van der Waals surface area contributed by atoms with E-state index in [1.165, 1.54) is 13.4 Å². The zero-order valence-corrected chi connectivity index (χ0v) is 6.65. The molecule has 0 fully saturated rings. The standard InChI is InChI=1S/C7H9N3O2/c1-12-7(11)4-9-6-2-3-8-5-10-6/h2-3,5H,4H2,1H3,(H,8,9,10). The Morgan fingerprint density at radius 2 is 2.58 bits per heavy atom. The Kier molecular flexibility index (Phi) is 3.01. The highest BCUT2D eigenvalue weighted by Gasteiger charge is 1.98. The normalized spacial score (nSPS) is 9.08. The lowest BCUT2D eigenvalue weighted by Gasteiger charge is -2.01. The van der Waals surface area contributed by atoms with E-state index < -0.39 is 0 Å². The second kappa shape index (κ2) is 4.27. The predicted octanol–water partition coefficient (Wildman–Crippen LogP) is 0.0615. The van der Waals surface area contributed by atoms with E-state index in [1.54, 1.807) is 12.3 Å². The SMILES string of the molecule is COC(=O)CNc1ccncn1. The van der Waals surface area contributed by atoms with Gasteiger partial charge in [0, 0.05) is 6.20 Å². The topological polar surface area (TPSA) is 64.1 Å². The molecule has 0 aliphatic carbocycles. The van der Waals surface area contributed by atoms with Crippen molar-refractivity contribution in [1.82, 2.24) is 9.97 Å². The molecule has 64 valence electrons. The number of nitrogens with zero attached hydrogens (tertiary/aromatic N) is 2. The lowest BCUT2D eigenvalue weighted by atomic mass is 10.5. The van der Waals surface area contributed by atoms with Gasteiger partial charge in [0.1, 0.15) is 18.7 Å². The number of aromatic nitrogens is 2. The van der Waals surface area contributed by atoms with Crippen LogP contribution in [0.4, 0.5) is 5.82 Å². The Labute approximate surface area is 69.8 Å². The second-order valence-electron chi connectivity index (χ2n) is 2.02. The molecule has 0 saturated carbocycles. The first-order valence-corrected chi connectivity index (χ1v) is 3.39. The van der Waals surface area contributed by atoms with Crippen LogP contribution in [0.1, 0.15) is 0 Å². The van der Waals surface area contributed by atoms with Gasteiger partial charge in [-0.25, -0.2) is 9.97 Å². The van der Waals surface area contributed by atoms with Crippen LogP contribution in [0.5, 0.6) is 0 Å². The first kappa shape index (κ1) is 8.45. The van der Waals surface area contributed by atoms with Crippen molar-refractivity contribution in [3.05, 3.63) is 18.6 Å². The molecule has 0 bridgehead atoms. The Morgan fingerprint density at radius 1 is 1.75 bits per heavy atom. The number of rotatable bonds is 3. The van der Waals surface area contributed by atoms with Gasteiger partial charge < -0.3 is 10.1 Å². The molecule has 0 aliphatic rings. The number of anilines is 1. The highest BCUT2D eigenvalue weighted by Crippen LogP contribution is 1.96. The van der Waals surface area contributed by atoms with Crippen LogP contribution in [0.2, 0.25) is 0 Å². The summed E-state index contributed by atoms with van der Waals surface area (Å²) in [7, 11) is 1.34. The van der Waals surface area contributed by atoms with Crippen LogP contribution in [0, 0.1) is 0 Å². The smallest absolute Gasteiger partial charge is 0.325 e. The average Bonchev–Trinajstić information content (AvgIpc) is 2.16. The van der Waals surface area contributed by atoms with Crippen molar-refractivity contribution < 1.29 is 9.53 Å². The minimum atomic E-state index is -0.325. The van der Waals surface area contributed by atoms with Crippen LogP contribution >= 0.6 is 0 Å². The minimum absolute atomic E-state index is 0.119. The maximum absolute atomic E-state index is 10.7. The average molecular weight is 167 g/mol. The first-order chi connectivity index (χ1) is 5.83. The minimum Gasteiger partial charge on any atom is -0.468 e. The van der Waals surface area contributed by atoms with Crippen molar-refractivity contribution in [2.75, 3.05) is 19.0 Å². The molecule has 0 amide bonds. The molecule has 0 atom stereocenters. The summed E-state index contributed by atoms with van der Waals surface area (Å²) in [6, 6.07) is 1.67. The van der Waals surface area contributed by atoms with Crippen molar-refractivity contribution in [3.63, 3.8) is 0 Å². The fourth-order valence-electron chi connectivity index (χ4n) is 0.630. The summed E-state index contributed by atoms with van der Waals surface area (Å²) in [4.78, 5) is 18.2. The van der Waals surface area contributed by atoms with Crippen molar-refractivity contribution in [3.8, 4) is 0 Å². The molecule has 1 N–H and O–H groups in total. The lowest BCUT2D eigenvalue weighted by Crippen LogP contribution is -2.15. The van der Waals surface area contributed by atoms with E-state index in [9.17, 15) is 4.79 Å². The largest absolute Gasteiger partial charge is 0.468 e. The summed E-state index contributed by atoms with van der Waals surface area (Å²) in [5.41, 5.74) is 0. The van der Waals surface area contributed by atoms with E-state index in [4.69, 9.17) is 0 Å². The third-order valence-corrected chi connectivity index (χ3v) is 1.22. The Morgan fingerprint density at radius 3 is 3.17 bits per heavy atom. The number of hydrogen-bond donors (Lipinski definition) is 1. The van der Waals surface area contributed by atoms with E-state index in [1.807, 2.05) is 0 Å². The van der Waals surface area contributed by atoms with Crippen molar-refractivity contribution in [2.45, 2.75) is 0 Å². The van der Waals surface area contributed by atoms with E-state index in [0.29, 0.717) is 5.82 Å². The third-order valence-electron chi connectivity index (χ3n) is 1.22. The molecule has 12 heavy (non-hydrogen) atoms. The summed E-state index contributed by atoms with van der Waals surface area (Å²) < 4.78 is 4.43. The molecule has 1 aromatic rings. The number of carbonyl (C=O) groups excluding carboxylic acids is 1. The second-order valence-corrected chi connectivity index (χ2v) is 2.02. The Bertz CT molecular complexity index is 250. The Hall–Kier alpha value is -1.65. The van der Waals surface area contributed by atoms with Gasteiger partial charge in [0.15, 0.2) is 0 Å². The van der Waals surface area contributed by atoms with Gasteiger partial charge in [0.05, 0.1) is 7.11 Å². The molecule has 1 aromatic heterocycles. The van der Waals surface area contributed by atoms with Gasteiger partial charge in [-0.05, 0) is 6.07 Å². The van der Waals surface area contributed by atoms with Crippen LogP contribution in [0.3, 0.4) is 0 Å². The van der Waals surface area contributed by atoms with Crippen LogP contribution in [-0.4, -0.2) is 29.6 Å². The summed E-state index contributed by atoms with van der Waals surface area (Å²) in [6.45, 7) is 0.119. The molecule has 0 spiro atoms. The maximum Gasteiger partial charge on any atom is 0.325 e. The third kappa shape index (κ3) is 2.53. The maximum atomic E-state index is 10.7. The number of hydrogen-bond acceptors (Lipinski definition) is 5. The zero-order chi connectivity index (χ0) is 8.81. The molecule has 0 saturated heterocycles. The van der Waals surface area contributed by atoms with E-state index in [0.717, 1.165) is 0 Å². The highest BCUT2D eigenvalue weighted by molar-refractivity contribution is 5.74. The fourth-order valence-corrected chi connectivity index (χ4v) is 0.630. The predicted molar refractivity (Wildman–Crippen MR) is 42.5 cm³/mol. The first-order valence-electron chi connectivity index (χ1n) is 3.39. The van der Waals surface area contributed by atoms with Gasteiger partial charge in [-0.1, -0.05) is 0 Å². The monoisotopic (exact) mass is 167 g/mol. The molecule has 0 aromatic carbocycles. The quantitative estimate of drug-likeness (QED) is 0.645. The highest BCUT2D eigenvalue weighted by atomic mass is 16.5. The summed E-state index contributed by atoms with van der Waals surface area (Å²) >= 11 is 0. The van der Waals surface area contributed by atoms with Crippen LogP contribution in [-0.2, 0) is 9.53 Å². The van der Waals surface area contributed by atoms with E-state index >= 15 is 0 Å².